The molecule has 0 bridgehead atoms. The molecule has 1 aliphatic heterocycles. The molecule has 5 rings (SSSR count). The van der Waals surface area contributed by atoms with Gasteiger partial charge in [0.25, 0.3) is 5.56 Å². The van der Waals surface area contributed by atoms with E-state index in [0.717, 1.165) is 48.1 Å². The SMILES string of the molecule is Cc1ccccc1OC1CCN(c2nc3nc(COc4ccccc4)[nH]c(=O)c3s2)CC1. The Labute approximate surface area is 189 Å². The highest BCUT2D eigenvalue weighted by atomic mass is 32.1. The lowest BCUT2D eigenvalue weighted by atomic mass is 10.1. The van der Waals surface area contributed by atoms with E-state index in [0.29, 0.717) is 16.2 Å². The third-order valence-electron chi connectivity index (χ3n) is 5.52. The van der Waals surface area contributed by atoms with Crippen LogP contribution in [0.5, 0.6) is 11.5 Å². The summed E-state index contributed by atoms with van der Waals surface area (Å²) in [7, 11) is 0. The number of aromatic amines is 1. The summed E-state index contributed by atoms with van der Waals surface area (Å²) < 4.78 is 12.5. The van der Waals surface area contributed by atoms with Crippen LogP contribution < -0.4 is 19.9 Å². The zero-order valence-electron chi connectivity index (χ0n) is 17.8. The van der Waals surface area contributed by atoms with Crippen molar-refractivity contribution in [2.45, 2.75) is 32.5 Å². The van der Waals surface area contributed by atoms with E-state index >= 15 is 0 Å². The van der Waals surface area contributed by atoms with Gasteiger partial charge in [0.1, 0.15) is 34.7 Å². The maximum Gasteiger partial charge on any atom is 0.270 e. The van der Waals surface area contributed by atoms with Gasteiger partial charge in [-0.3, -0.25) is 4.79 Å². The minimum absolute atomic E-state index is 0.178. The smallest absolute Gasteiger partial charge is 0.270 e. The third kappa shape index (κ3) is 4.45. The van der Waals surface area contributed by atoms with Crippen molar-refractivity contribution in [1.29, 1.82) is 0 Å². The molecule has 3 heterocycles. The van der Waals surface area contributed by atoms with E-state index in [9.17, 15) is 4.79 Å². The molecular weight excluding hydrogens is 424 g/mol. The van der Waals surface area contributed by atoms with E-state index in [1.807, 2.05) is 48.5 Å². The minimum atomic E-state index is -0.178. The quantitative estimate of drug-likeness (QED) is 0.473. The predicted octanol–water partition coefficient (Wildman–Crippen LogP) is 4.31. The molecule has 7 nitrogen and oxygen atoms in total. The number of hydrogen-bond acceptors (Lipinski definition) is 7. The van der Waals surface area contributed by atoms with Crippen molar-refractivity contribution in [1.82, 2.24) is 15.0 Å². The molecule has 8 heteroatoms. The topological polar surface area (TPSA) is 80.3 Å². The van der Waals surface area contributed by atoms with Gasteiger partial charge in [-0.25, -0.2) is 4.98 Å². The maximum absolute atomic E-state index is 12.6. The summed E-state index contributed by atoms with van der Waals surface area (Å²) in [5.74, 6) is 2.14. The van der Waals surface area contributed by atoms with Crippen LogP contribution in [-0.4, -0.2) is 34.1 Å². The second-order valence-electron chi connectivity index (χ2n) is 7.83. The zero-order valence-corrected chi connectivity index (χ0v) is 18.6. The number of benzene rings is 2. The number of ether oxygens (including phenoxy) is 2. The number of aromatic nitrogens is 3. The Morgan fingerprint density at radius 1 is 1.06 bits per heavy atom. The Balaban J connectivity index is 1.25. The molecule has 2 aromatic carbocycles. The van der Waals surface area contributed by atoms with Gasteiger partial charge in [-0.05, 0) is 30.7 Å². The highest BCUT2D eigenvalue weighted by Gasteiger charge is 2.24. The first kappa shape index (κ1) is 20.5. The molecule has 1 aliphatic rings. The van der Waals surface area contributed by atoms with Crippen LogP contribution in [-0.2, 0) is 6.61 Å². The molecule has 0 atom stereocenters. The molecule has 2 aromatic heterocycles. The standard InChI is InChI=1S/C24H24N4O3S/c1-16-7-5-6-10-19(16)31-18-11-13-28(14-12-18)24-27-22-21(32-24)23(29)26-20(25-22)15-30-17-8-3-2-4-9-17/h2-10,18H,11-15H2,1H3,(H,25,26,29). The van der Waals surface area contributed by atoms with Crippen LogP contribution in [0.2, 0.25) is 0 Å². The first-order valence-electron chi connectivity index (χ1n) is 10.7. The van der Waals surface area contributed by atoms with Gasteiger partial charge >= 0.3 is 0 Å². The lowest BCUT2D eigenvalue weighted by Crippen LogP contribution is -2.38. The number of hydrogen-bond donors (Lipinski definition) is 1. The van der Waals surface area contributed by atoms with Gasteiger partial charge in [0, 0.05) is 25.9 Å². The molecule has 1 fully saturated rings. The van der Waals surface area contributed by atoms with Gasteiger partial charge in [-0.2, -0.15) is 4.98 Å². The number of aryl methyl sites for hydroxylation is 1. The summed E-state index contributed by atoms with van der Waals surface area (Å²) in [4.78, 5) is 26.8. The number of para-hydroxylation sites is 2. The lowest BCUT2D eigenvalue weighted by Gasteiger charge is -2.32. The predicted molar refractivity (Wildman–Crippen MR) is 126 cm³/mol. The highest BCUT2D eigenvalue weighted by molar-refractivity contribution is 7.22. The molecule has 0 aliphatic carbocycles. The largest absolute Gasteiger partial charge is 0.490 e. The fourth-order valence-electron chi connectivity index (χ4n) is 3.77. The van der Waals surface area contributed by atoms with Crippen LogP contribution in [0, 0.1) is 6.92 Å². The summed E-state index contributed by atoms with van der Waals surface area (Å²) in [5, 5.41) is 0.827. The number of rotatable bonds is 6. The molecule has 164 valence electrons. The van der Waals surface area contributed by atoms with Gasteiger partial charge < -0.3 is 19.4 Å². The third-order valence-corrected chi connectivity index (χ3v) is 6.63. The second-order valence-corrected chi connectivity index (χ2v) is 8.81. The molecule has 0 saturated carbocycles. The van der Waals surface area contributed by atoms with E-state index in [4.69, 9.17) is 9.47 Å². The molecule has 0 spiro atoms. The molecule has 32 heavy (non-hydrogen) atoms. The van der Waals surface area contributed by atoms with Crippen LogP contribution in [0.15, 0.2) is 59.4 Å². The number of anilines is 1. The number of thiazole rings is 1. The summed E-state index contributed by atoms with van der Waals surface area (Å²) in [6.45, 7) is 3.91. The molecule has 0 unspecified atom stereocenters. The van der Waals surface area contributed by atoms with E-state index in [1.165, 1.54) is 11.3 Å². The van der Waals surface area contributed by atoms with Crippen LogP contribution >= 0.6 is 11.3 Å². The van der Waals surface area contributed by atoms with Crippen molar-refractivity contribution in [3.05, 3.63) is 76.3 Å². The average molecular weight is 449 g/mol. The molecule has 4 aromatic rings. The Morgan fingerprint density at radius 3 is 2.59 bits per heavy atom. The Kier molecular flexibility index (Phi) is 5.77. The van der Waals surface area contributed by atoms with Crippen molar-refractivity contribution in [2.24, 2.45) is 0 Å². The monoisotopic (exact) mass is 448 g/mol. The average Bonchev–Trinajstić information content (AvgIpc) is 3.25. The van der Waals surface area contributed by atoms with Gasteiger partial charge in [0.2, 0.25) is 0 Å². The first-order valence-corrected chi connectivity index (χ1v) is 11.5. The minimum Gasteiger partial charge on any atom is -0.490 e. The Hall–Kier alpha value is -3.39. The molecule has 0 amide bonds. The number of piperidine rings is 1. The Bertz CT molecular complexity index is 1260. The zero-order chi connectivity index (χ0) is 21.9. The van der Waals surface area contributed by atoms with E-state index in [1.54, 1.807) is 0 Å². The summed E-state index contributed by atoms with van der Waals surface area (Å²) in [6, 6.07) is 17.6. The number of H-pyrrole nitrogens is 1. The van der Waals surface area contributed by atoms with E-state index in [2.05, 4.69) is 32.8 Å². The van der Waals surface area contributed by atoms with Gasteiger partial charge in [0.15, 0.2) is 10.8 Å². The lowest BCUT2D eigenvalue weighted by molar-refractivity contribution is 0.170. The maximum atomic E-state index is 12.6. The van der Waals surface area contributed by atoms with Crippen LogP contribution in [0.25, 0.3) is 10.3 Å². The molecule has 1 saturated heterocycles. The van der Waals surface area contributed by atoms with Crippen molar-refractivity contribution >= 4 is 26.8 Å². The molecule has 0 radical (unpaired) electrons. The number of nitrogens with zero attached hydrogens (tertiary/aromatic N) is 3. The van der Waals surface area contributed by atoms with Gasteiger partial charge in [-0.15, -0.1) is 0 Å². The number of fused-ring (bicyclic) bond motifs is 1. The summed E-state index contributed by atoms with van der Waals surface area (Å²) in [6.07, 6.45) is 2.00. The first-order chi connectivity index (χ1) is 15.7. The molecular formula is C24H24N4O3S. The van der Waals surface area contributed by atoms with Crippen molar-refractivity contribution in [2.75, 3.05) is 18.0 Å². The van der Waals surface area contributed by atoms with Crippen molar-refractivity contribution < 1.29 is 9.47 Å². The summed E-state index contributed by atoms with van der Waals surface area (Å²) >= 11 is 1.39. The molecule has 1 N–H and O–H groups in total. The van der Waals surface area contributed by atoms with Crippen LogP contribution in [0.1, 0.15) is 24.2 Å². The van der Waals surface area contributed by atoms with Gasteiger partial charge in [0.05, 0.1) is 0 Å². The van der Waals surface area contributed by atoms with Crippen molar-refractivity contribution in [3.8, 4) is 11.5 Å². The van der Waals surface area contributed by atoms with E-state index in [-0.39, 0.29) is 18.3 Å². The normalized spacial score (nSPS) is 14.6. The number of nitrogens with one attached hydrogen (secondary N) is 1. The fourth-order valence-corrected chi connectivity index (χ4v) is 4.73. The van der Waals surface area contributed by atoms with Crippen LogP contribution in [0.4, 0.5) is 5.13 Å². The van der Waals surface area contributed by atoms with Crippen LogP contribution in [0.3, 0.4) is 0 Å². The van der Waals surface area contributed by atoms with E-state index < -0.39 is 0 Å². The Morgan fingerprint density at radius 2 is 1.81 bits per heavy atom. The summed E-state index contributed by atoms with van der Waals surface area (Å²) in [5.41, 5.74) is 1.44. The fraction of sp³-hybridized carbons (Fsp3) is 0.292. The van der Waals surface area contributed by atoms with Crippen molar-refractivity contribution in [3.63, 3.8) is 0 Å². The second kappa shape index (κ2) is 9.00. The highest BCUT2D eigenvalue weighted by Crippen LogP contribution is 2.29. The van der Waals surface area contributed by atoms with Gasteiger partial charge in [-0.1, -0.05) is 47.7 Å².